The van der Waals surface area contributed by atoms with Crippen LogP contribution in [0.15, 0.2) is 18.2 Å². The number of hydrogen-bond donors (Lipinski definition) is 2. The first-order valence-corrected chi connectivity index (χ1v) is 9.03. The summed E-state index contributed by atoms with van der Waals surface area (Å²) in [5.74, 6) is -1.48. The molecular formula is C18H23N3O5. The minimum absolute atomic E-state index is 0.0471. The standard InChI is InChI=1S/C18H23N3O5/c22-17(19-14-6-3-12(4-7-14)18(23)24)13-5-8-15(16(11-13)21(25)26)20-9-1-2-10-20/h5,8,11-12,14H,1-4,6-7,9-10H2,(H,19,22)(H,23,24). The van der Waals surface area contributed by atoms with Crippen molar-refractivity contribution in [3.63, 3.8) is 0 Å². The lowest BCUT2D eigenvalue weighted by molar-refractivity contribution is -0.384. The van der Waals surface area contributed by atoms with Crippen molar-refractivity contribution in [1.29, 1.82) is 0 Å². The van der Waals surface area contributed by atoms with E-state index in [1.807, 2.05) is 4.90 Å². The van der Waals surface area contributed by atoms with Gasteiger partial charge in [-0.25, -0.2) is 0 Å². The van der Waals surface area contributed by atoms with Crippen molar-refractivity contribution in [1.82, 2.24) is 5.32 Å². The van der Waals surface area contributed by atoms with E-state index in [0.717, 1.165) is 25.9 Å². The summed E-state index contributed by atoms with van der Waals surface area (Å²) < 4.78 is 0. The van der Waals surface area contributed by atoms with Crippen LogP contribution >= 0.6 is 0 Å². The molecule has 1 aliphatic carbocycles. The molecule has 3 rings (SSSR count). The van der Waals surface area contributed by atoms with Crippen molar-refractivity contribution in [2.24, 2.45) is 5.92 Å². The summed E-state index contributed by atoms with van der Waals surface area (Å²) in [4.78, 5) is 36.4. The Labute approximate surface area is 151 Å². The largest absolute Gasteiger partial charge is 0.481 e. The molecule has 0 atom stereocenters. The van der Waals surface area contributed by atoms with Gasteiger partial charge in [0.15, 0.2) is 0 Å². The Balaban J connectivity index is 1.68. The Kier molecular flexibility index (Phi) is 5.39. The van der Waals surface area contributed by atoms with Crippen LogP contribution in [0.3, 0.4) is 0 Å². The maximum absolute atomic E-state index is 12.5. The van der Waals surface area contributed by atoms with Crippen molar-refractivity contribution in [2.45, 2.75) is 44.6 Å². The Bertz CT molecular complexity index is 707. The van der Waals surface area contributed by atoms with E-state index in [9.17, 15) is 19.7 Å². The van der Waals surface area contributed by atoms with Gasteiger partial charge in [0.2, 0.25) is 0 Å². The Morgan fingerprint density at radius 3 is 2.38 bits per heavy atom. The normalized spacial score (nSPS) is 22.8. The summed E-state index contributed by atoms with van der Waals surface area (Å²) in [5, 5.41) is 23.3. The van der Waals surface area contributed by atoms with Crippen LogP contribution in [0.1, 0.15) is 48.9 Å². The van der Waals surface area contributed by atoms with Crippen LogP contribution in [0.5, 0.6) is 0 Å². The molecule has 1 aliphatic heterocycles. The van der Waals surface area contributed by atoms with E-state index in [0.29, 0.717) is 31.4 Å². The molecule has 1 saturated heterocycles. The number of carboxylic acid groups (broad SMARTS) is 1. The van der Waals surface area contributed by atoms with Gasteiger partial charge in [0, 0.05) is 30.8 Å². The average Bonchev–Trinajstić information content (AvgIpc) is 3.16. The highest BCUT2D eigenvalue weighted by atomic mass is 16.6. The Hall–Kier alpha value is -2.64. The van der Waals surface area contributed by atoms with Gasteiger partial charge < -0.3 is 15.3 Å². The number of hydrogen-bond acceptors (Lipinski definition) is 5. The maximum atomic E-state index is 12.5. The number of nitro groups is 1. The topological polar surface area (TPSA) is 113 Å². The van der Waals surface area contributed by atoms with Gasteiger partial charge in [0.05, 0.1) is 10.8 Å². The highest BCUT2D eigenvalue weighted by Crippen LogP contribution is 2.32. The summed E-state index contributed by atoms with van der Waals surface area (Å²) in [6.07, 6.45) is 4.31. The molecule has 140 valence electrons. The molecule has 1 aromatic carbocycles. The molecule has 2 fully saturated rings. The monoisotopic (exact) mass is 361 g/mol. The number of rotatable bonds is 5. The lowest BCUT2D eigenvalue weighted by atomic mass is 9.86. The third kappa shape index (κ3) is 3.95. The maximum Gasteiger partial charge on any atom is 0.306 e. The van der Waals surface area contributed by atoms with E-state index in [1.165, 1.54) is 6.07 Å². The first kappa shape index (κ1) is 18.2. The van der Waals surface area contributed by atoms with Crippen LogP contribution in [-0.4, -0.2) is 41.0 Å². The molecule has 0 spiro atoms. The fourth-order valence-corrected chi connectivity index (χ4v) is 3.79. The molecule has 26 heavy (non-hydrogen) atoms. The average molecular weight is 361 g/mol. The summed E-state index contributed by atoms with van der Waals surface area (Å²) in [6, 6.07) is 4.53. The molecule has 1 heterocycles. The number of carbonyl (C=O) groups excluding carboxylic acids is 1. The summed E-state index contributed by atoms with van der Waals surface area (Å²) in [7, 11) is 0. The molecule has 8 heteroatoms. The highest BCUT2D eigenvalue weighted by molar-refractivity contribution is 5.96. The second-order valence-corrected chi connectivity index (χ2v) is 7.02. The summed E-state index contributed by atoms with van der Waals surface area (Å²) in [6.45, 7) is 1.58. The molecule has 8 nitrogen and oxygen atoms in total. The number of aliphatic carboxylic acids is 1. The lowest BCUT2D eigenvalue weighted by Gasteiger charge is -2.26. The van der Waals surface area contributed by atoms with Crippen molar-refractivity contribution >= 4 is 23.3 Å². The van der Waals surface area contributed by atoms with E-state index in [2.05, 4.69) is 5.32 Å². The third-order valence-corrected chi connectivity index (χ3v) is 5.29. The van der Waals surface area contributed by atoms with Crippen molar-refractivity contribution in [3.8, 4) is 0 Å². The van der Waals surface area contributed by atoms with Gasteiger partial charge >= 0.3 is 5.97 Å². The number of anilines is 1. The smallest absolute Gasteiger partial charge is 0.306 e. The van der Waals surface area contributed by atoms with Crippen LogP contribution in [0.4, 0.5) is 11.4 Å². The minimum Gasteiger partial charge on any atom is -0.481 e. The number of amides is 1. The molecule has 1 amide bonds. The number of carboxylic acids is 1. The van der Waals surface area contributed by atoms with E-state index in [1.54, 1.807) is 12.1 Å². The number of nitro benzene ring substituents is 1. The fraction of sp³-hybridized carbons (Fsp3) is 0.556. The van der Waals surface area contributed by atoms with Gasteiger partial charge in [-0.15, -0.1) is 0 Å². The molecular weight excluding hydrogens is 338 g/mol. The lowest BCUT2D eigenvalue weighted by Crippen LogP contribution is -2.38. The molecule has 0 aromatic heterocycles. The van der Waals surface area contributed by atoms with Gasteiger partial charge in [-0.1, -0.05) is 0 Å². The SMILES string of the molecule is O=C(NC1CCC(C(=O)O)CC1)c1ccc(N2CCCC2)c([N+](=O)[O-])c1. The van der Waals surface area contributed by atoms with E-state index in [4.69, 9.17) is 5.11 Å². The summed E-state index contributed by atoms with van der Waals surface area (Å²) >= 11 is 0. The second kappa shape index (κ2) is 7.72. The molecule has 2 aliphatic rings. The molecule has 0 unspecified atom stereocenters. The molecule has 0 bridgehead atoms. The number of carbonyl (C=O) groups is 2. The summed E-state index contributed by atoms with van der Waals surface area (Å²) in [5.41, 5.74) is 0.778. The van der Waals surface area contributed by atoms with E-state index < -0.39 is 10.9 Å². The van der Waals surface area contributed by atoms with Crippen molar-refractivity contribution < 1.29 is 19.6 Å². The zero-order chi connectivity index (χ0) is 18.7. The van der Waals surface area contributed by atoms with Crippen molar-refractivity contribution in [3.05, 3.63) is 33.9 Å². The molecule has 0 radical (unpaired) electrons. The number of benzene rings is 1. The van der Waals surface area contributed by atoms with Gasteiger partial charge in [0.25, 0.3) is 11.6 Å². The highest BCUT2D eigenvalue weighted by Gasteiger charge is 2.28. The first-order chi connectivity index (χ1) is 12.5. The van der Waals surface area contributed by atoms with Gasteiger partial charge in [-0.3, -0.25) is 19.7 Å². The van der Waals surface area contributed by atoms with Crippen molar-refractivity contribution in [2.75, 3.05) is 18.0 Å². The minimum atomic E-state index is -0.789. The van der Waals surface area contributed by atoms with Crippen LogP contribution < -0.4 is 10.2 Å². The molecule has 2 N–H and O–H groups in total. The van der Waals surface area contributed by atoms with E-state index >= 15 is 0 Å². The Morgan fingerprint density at radius 2 is 1.81 bits per heavy atom. The zero-order valence-electron chi connectivity index (χ0n) is 14.5. The number of nitrogens with one attached hydrogen (secondary N) is 1. The quantitative estimate of drug-likeness (QED) is 0.616. The van der Waals surface area contributed by atoms with Crippen LogP contribution in [0, 0.1) is 16.0 Å². The Morgan fingerprint density at radius 1 is 1.15 bits per heavy atom. The van der Waals surface area contributed by atoms with Gasteiger partial charge in [0.1, 0.15) is 5.69 Å². The van der Waals surface area contributed by atoms with Crippen LogP contribution in [0.2, 0.25) is 0 Å². The van der Waals surface area contributed by atoms with Gasteiger partial charge in [-0.05, 0) is 50.7 Å². The fourth-order valence-electron chi connectivity index (χ4n) is 3.79. The predicted octanol–water partition coefficient (Wildman–Crippen LogP) is 2.57. The van der Waals surface area contributed by atoms with Gasteiger partial charge in [-0.2, -0.15) is 0 Å². The van der Waals surface area contributed by atoms with Crippen LogP contribution in [-0.2, 0) is 4.79 Å². The molecule has 1 saturated carbocycles. The van der Waals surface area contributed by atoms with E-state index in [-0.39, 0.29) is 29.1 Å². The first-order valence-electron chi connectivity index (χ1n) is 9.03. The zero-order valence-corrected chi connectivity index (χ0v) is 14.5. The third-order valence-electron chi connectivity index (χ3n) is 5.29. The number of nitrogens with zero attached hydrogens (tertiary/aromatic N) is 2. The molecule has 1 aromatic rings. The second-order valence-electron chi connectivity index (χ2n) is 7.02. The van der Waals surface area contributed by atoms with Crippen LogP contribution in [0.25, 0.3) is 0 Å². The predicted molar refractivity (Wildman–Crippen MR) is 95.4 cm³/mol.